The summed E-state index contributed by atoms with van der Waals surface area (Å²) in [6, 6.07) is 1.80. The first-order valence-electron chi connectivity index (χ1n) is 8.37. The van der Waals surface area contributed by atoms with Crippen LogP contribution in [0.3, 0.4) is 0 Å². The van der Waals surface area contributed by atoms with Crippen LogP contribution in [0.4, 0.5) is 5.69 Å². The topological polar surface area (TPSA) is 65.5 Å². The van der Waals surface area contributed by atoms with Gasteiger partial charge in [0.25, 0.3) is 5.91 Å². The molecule has 24 heavy (non-hydrogen) atoms. The highest BCUT2D eigenvalue weighted by atomic mass is 32.1. The van der Waals surface area contributed by atoms with Gasteiger partial charge in [-0.3, -0.25) is 9.59 Å². The lowest BCUT2D eigenvalue weighted by Gasteiger charge is -2.24. The van der Waals surface area contributed by atoms with Crippen molar-refractivity contribution >= 4 is 39.1 Å². The van der Waals surface area contributed by atoms with E-state index in [0.29, 0.717) is 17.1 Å². The van der Waals surface area contributed by atoms with Gasteiger partial charge in [0.15, 0.2) is 0 Å². The van der Waals surface area contributed by atoms with Crippen molar-refractivity contribution in [1.82, 2.24) is 14.8 Å². The maximum absolute atomic E-state index is 12.9. The summed E-state index contributed by atoms with van der Waals surface area (Å²) >= 11 is 1.42. The monoisotopic (exact) mass is 342 g/mol. The van der Waals surface area contributed by atoms with Gasteiger partial charge in [-0.2, -0.15) is 0 Å². The second kappa shape index (κ2) is 5.00. The molecule has 5 heterocycles. The summed E-state index contributed by atoms with van der Waals surface area (Å²) < 4.78 is 0. The molecule has 0 radical (unpaired) electrons. The van der Waals surface area contributed by atoms with Gasteiger partial charge in [-0.05, 0) is 31.5 Å². The van der Waals surface area contributed by atoms with Crippen LogP contribution in [0.25, 0.3) is 10.2 Å². The van der Waals surface area contributed by atoms with Gasteiger partial charge in [-0.25, -0.2) is 4.98 Å². The first-order valence-corrected chi connectivity index (χ1v) is 9.19. The van der Waals surface area contributed by atoms with Crippen LogP contribution < -0.4 is 5.32 Å². The number of pyridine rings is 1. The summed E-state index contributed by atoms with van der Waals surface area (Å²) in [6.45, 7) is 2.53. The Balaban J connectivity index is 1.69. The van der Waals surface area contributed by atoms with Crippen LogP contribution in [0.1, 0.15) is 33.8 Å². The molecule has 0 unspecified atom stereocenters. The van der Waals surface area contributed by atoms with Crippen LogP contribution in [0.15, 0.2) is 6.07 Å². The Morgan fingerprint density at radius 1 is 1.33 bits per heavy atom. The highest BCUT2D eigenvalue weighted by Gasteiger charge is 2.40. The molecule has 0 spiro atoms. The molecule has 0 bridgehead atoms. The van der Waals surface area contributed by atoms with Crippen LogP contribution in [0.2, 0.25) is 0 Å². The van der Waals surface area contributed by atoms with Crippen molar-refractivity contribution < 1.29 is 9.59 Å². The Bertz CT molecular complexity index is 890. The predicted molar refractivity (Wildman–Crippen MR) is 92.3 cm³/mol. The van der Waals surface area contributed by atoms with Gasteiger partial charge in [0.05, 0.1) is 5.69 Å². The number of nitrogens with zero attached hydrogens (tertiary/aromatic N) is 3. The molecule has 0 saturated carbocycles. The first-order chi connectivity index (χ1) is 11.6. The fourth-order valence-corrected chi connectivity index (χ4v) is 5.10. The SMILES string of the molecule is CN1CCc2nc3sc4c(c3cc2C1)NC(=O)[C@@H]1CCCN1C4=O. The zero-order chi connectivity index (χ0) is 16.4. The number of likely N-dealkylation sites (N-methyl/N-ethyl adjacent to an activating group) is 1. The molecule has 1 atom stereocenters. The minimum atomic E-state index is -0.316. The second-order valence-electron chi connectivity index (χ2n) is 6.89. The fraction of sp³-hybridized carbons (Fsp3) is 0.471. The van der Waals surface area contributed by atoms with Crippen LogP contribution in [0.5, 0.6) is 0 Å². The van der Waals surface area contributed by atoms with Crippen molar-refractivity contribution in [3.8, 4) is 0 Å². The van der Waals surface area contributed by atoms with Crippen molar-refractivity contribution in [2.24, 2.45) is 0 Å². The van der Waals surface area contributed by atoms with Gasteiger partial charge >= 0.3 is 0 Å². The minimum absolute atomic E-state index is 0.0241. The van der Waals surface area contributed by atoms with Gasteiger partial charge in [0.2, 0.25) is 5.91 Å². The summed E-state index contributed by atoms with van der Waals surface area (Å²) in [5, 5.41) is 3.93. The lowest BCUT2D eigenvalue weighted by molar-refractivity contribution is -0.119. The standard InChI is InChI=1S/C17H18N4O2S/c1-20-6-4-11-9(8-20)7-10-13-14(24-16(10)18-11)17(23)21-5-2-3-12(21)15(22)19-13/h7,12H,2-6,8H2,1H3,(H,19,22)/t12-/m0/s1. The lowest BCUT2D eigenvalue weighted by atomic mass is 10.0. The Labute approximate surface area is 143 Å². The molecule has 1 fully saturated rings. The molecule has 3 aliphatic heterocycles. The zero-order valence-electron chi connectivity index (χ0n) is 13.5. The van der Waals surface area contributed by atoms with E-state index in [2.05, 4.69) is 23.3 Å². The number of aromatic nitrogens is 1. The van der Waals surface area contributed by atoms with E-state index < -0.39 is 0 Å². The summed E-state index contributed by atoms with van der Waals surface area (Å²) in [7, 11) is 2.10. The van der Waals surface area contributed by atoms with E-state index in [4.69, 9.17) is 4.98 Å². The van der Waals surface area contributed by atoms with Gasteiger partial charge in [0.1, 0.15) is 15.7 Å². The molecule has 2 amide bonds. The molecule has 5 rings (SSSR count). The van der Waals surface area contributed by atoms with Crippen LogP contribution >= 0.6 is 11.3 Å². The molecule has 3 aliphatic rings. The highest BCUT2D eigenvalue weighted by Crippen LogP contribution is 2.40. The maximum atomic E-state index is 12.9. The maximum Gasteiger partial charge on any atom is 0.266 e. The minimum Gasteiger partial charge on any atom is -0.326 e. The molecule has 1 N–H and O–H groups in total. The molecule has 6 nitrogen and oxygen atoms in total. The number of hydrogen-bond acceptors (Lipinski definition) is 5. The average molecular weight is 342 g/mol. The van der Waals surface area contributed by atoms with E-state index in [9.17, 15) is 9.59 Å². The van der Waals surface area contributed by atoms with E-state index in [1.807, 2.05) is 0 Å². The highest BCUT2D eigenvalue weighted by molar-refractivity contribution is 7.21. The number of rotatable bonds is 0. The van der Waals surface area contributed by atoms with Crippen molar-refractivity contribution in [2.75, 3.05) is 25.5 Å². The second-order valence-corrected chi connectivity index (χ2v) is 7.89. The van der Waals surface area contributed by atoms with Crippen molar-refractivity contribution in [1.29, 1.82) is 0 Å². The molecule has 2 aromatic rings. The van der Waals surface area contributed by atoms with E-state index in [0.717, 1.165) is 48.3 Å². The number of hydrogen-bond donors (Lipinski definition) is 1. The number of anilines is 1. The molecule has 124 valence electrons. The average Bonchev–Trinajstić information content (AvgIpc) is 3.15. The van der Waals surface area contributed by atoms with Gasteiger partial charge < -0.3 is 15.1 Å². The van der Waals surface area contributed by atoms with Crippen LogP contribution in [0, 0.1) is 0 Å². The summed E-state index contributed by atoms with van der Waals surface area (Å²) in [6.07, 6.45) is 2.57. The smallest absolute Gasteiger partial charge is 0.266 e. The number of carbonyl (C=O) groups excluding carboxylic acids is 2. The van der Waals surface area contributed by atoms with E-state index in [1.165, 1.54) is 16.9 Å². The predicted octanol–water partition coefficient (Wildman–Crippen LogP) is 1.84. The molecular formula is C17H18N4O2S. The fourth-order valence-electron chi connectivity index (χ4n) is 4.01. The third-order valence-electron chi connectivity index (χ3n) is 5.28. The van der Waals surface area contributed by atoms with Crippen molar-refractivity contribution in [3.63, 3.8) is 0 Å². The quantitative estimate of drug-likeness (QED) is 0.793. The number of amides is 2. The third kappa shape index (κ3) is 1.94. The first kappa shape index (κ1) is 14.4. The van der Waals surface area contributed by atoms with E-state index >= 15 is 0 Å². The van der Waals surface area contributed by atoms with Gasteiger partial charge in [-0.1, -0.05) is 0 Å². The van der Waals surface area contributed by atoms with E-state index in [1.54, 1.807) is 4.90 Å². The van der Waals surface area contributed by atoms with Gasteiger partial charge in [-0.15, -0.1) is 11.3 Å². The lowest BCUT2D eigenvalue weighted by Crippen LogP contribution is -2.40. The van der Waals surface area contributed by atoms with Crippen LogP contribution in [-0.4, -0.2) is 52.8 Å². The Kier molecular flexibility index (Phi) is 2.99. The molecule has 7 heteroatoms. The summed E-state index contributed by atoms with van der Waals surface area (Å²) in [4.78, 5) is 35.8. The molecular weight excluding hydrogens is 324 g/mol. The van der Waals surface area contributed by atoms with Crippen molar-refractivity contribution in [2.45, 2.75) is 31.8 Å². The Morgan fingerprint density at radius 3 is 3.08 bits per heavy atom. The van der Waals surface area contributed by atoms with Crippen LogP contribution in [-0.2, 0) is 17.8 Å². The van der Waals surface area contributed by atoms with Gasteiger partial charge in [0, 0.05) is 37.1 Å². The molecule has 1 saturated heterocycles. The summed E-state index contributed by atoms with van der Waals surface area (Å²) in [5.41, 5.74) is 2.99. The molecule has 0 aromatic carbocycles. The normalized spacial score (nSPS) is 23.7. The number of nitrogens with one attached hydrogen (secondary N) is 1. The Morgan fingerprint density at radius 2 is 2.21 bits per heavy atom. The molecule has 2 aromatic heterocycles. The molecule has 0 aliphatic carbocycles. The zero-order valence-corrected chi connectivity index (χ0v) is 14.3. The number of carbonyl (C=O) groups is 2. The summed E-state index contributed by atoms with van der Waals surface area (Å²) in [5.74, 6) is -0.0851. The number of fused-ring (bicyclic) bond motifs is 5. The van der Waals surface area contributed by atoms with E-state index in [-0.39, 0.29) is 17.9 Å². The Hall–Kier alpha value is -1.99. The largest absolute Gasteiger partial charge is 0.326 e. The van der Waals surface area contributed by atoms with Crippen molar-refractivity contribution in [3.05, 3.63) is 22.2 Å². The number of thiophene rings is 1. The third-order valence-corrected chi connectivity index (χ3v) is 6.37.